The lowest BCUT2D eigenvalue weighted by Gasteiger charge is -2.11. The maximum Gasteiger partial charge on any atom is 0.416 e. The van der Waals surface area contributed by atoms with Crippen molar-refractivity contribution in [3.05, 3.63) is 47.8 Å². The third-order valence-electron chi connectivity index (χ3n) is 2.59. The van der Waals surface area contributed by atoms with Crippen molar-refractivity contribution in [2.24, 2.45) is 0 Å². The maximum atomic E-state index is 12.5. The third kappa shape index (κ3) is 2.45. The number of anilines is 1. The van der Waals surface area contributed by atoms with Crippen molar-refractivity contribution in [3.8, 4) is 11.1 Å². The van der Waals surface area contributed by atoms with E-state index in [2.05, 4.69) is 4.98 Å². The van der Waals surface area contributed by atoms with Gasteiger partial charge in [-0.25, -0.2) is 0 Å². The molecule has 0 spiro atoms. The quantitative estimate of drug-likeness (QED) is 0.786. The van der Waals surface area contributed by atoms with Gasteiger partial charge in [0.05, 0.1) is 5.56 Å². The van der Waals surface area contributed by atoms with Crippen LogP contribution in [0.5, 0.6) is 0 Å². The van der Waals surface area contributed by atoms with Gasteiger partial charge in [-0.2, -0.15) is 13.2 Å². The molecule has 0 radical (unpaired) electrons. The van der Waals surface area contributed by atoms with Crippen LogP contribution in [0.3, 0.4) is 0 Å². The first-order valence-corrected chi connectivity index (χ1v) is 5.27. The minimum Gasteiger partial charge on any atom is -0.398 e. The zero-order chi connectivity index (χ0) is 13.3. The SMILES string of the molecule is Cc1cc(-c2ccc(C(F)(F)F)cc2N)ccn1. The Balaban J connectivity index is 2.48. The summed E-state index contributed by atoms with van der Waals surface area (Å²) in [6, 6.07) is 6.85. The fourth-order valence-corrected chi connectivity index (χ4v) is 1.72. The van der Waals surface area contributed by atoms with E-state index in [1.165, 1.54) is 6.07 Å². The van der Waals surface area contributed by atoms with Crippen molar-refractivity contribution in [2.45, 2.75) is 13.1 Å². The van der Waals surface area contributed by atoms with Gasteiger partial charge in [0.2, 0.25) is 0 Å². The van der Waals surface area contributed by atoms with Gasteiger partial charge in [-0.15, -0.1) is 0 Å². The molecule has 0 atom stereocenters. The molecule has 0 aliphatic carbocycles. The summed E-state index contributed by atoms with van der Waals surface area (Å²) in [4.78, 5) is 4.03. The molecule has 0 aliphatic heterocycles. The van der Waals surface area contributed by atoms with Gasteiger partial charge in [-0.05, 0) is 36.8 Å². The minimum atomic E-state index is -4.37. The van der Waals surface area contributed by atoms with Crippen LogP contribution in [0.15, 0.2) is 36.5 Å². The summed E-state index contributed by atoms with van der Waals surface area (Å²) < 4.78 is 37.5. The van der Waals surface area contributed by atoms with E-state index in [1.54, 1.807) is 18.3 Å². The number of aryl methyl sites for hydroxylation is 1. The number of rotatable bonds is 1. The first-order chi connectivity index (χ1) is 8.38. The van der Waals surface area contributed by atoms with Crippen LogP contribution in [0.25, 0.3) is 11.1 Å². The first kappa shape index (κ1) is 12.4. The molecule has 0 aliphatic rings. The fourth-order valence-electron chi connectivity index (χ4n) is 1.72. The summed E-state index contributed by atoms with van der Waals surface area (Å²) >= 11 is 0. The molecule has 0 bridgehead atoms. The smallest absolute Gasteiger partial charge is 0.398 e. The Morgan fingerprint density at radius 3 is 2.39 bits per heavy atom. The molecule has 0 saturated heterocycles. The molecule has 0 amide bonds. The predicted octanol–water partition coefficient (Wildman–Crippen LogP) is 3.66. The van der Waals surface area contributed by atoms with Gasteiger partial charge < -0.3 is 5.73 Å². The monoisotopic (exact) mass is 252 g/mol. The van der Waals surface area contributed by atoms with E-state index in [-0.39, 0.29) is 5.69 Å². The lowest BCUT2D eigenvalue weighted by Crippen LogP contribution is -2.06. The van der Waals surface area contributed by atoms with Gasteiger partial charge in [-0.3, -0.25) is 4.98 Å². The number of alkyl halides is 3. The number of hydrogen-bond donors (Lipinski definition) is 1. The maximum absolute atomic E-state index is 12.5. The number of aromatic nitrogens is 1. The summed E-state index contributed by atoms with van der Waals surface area (Å²) in [5.74, 6) is 0. The molecule has 2 N–H and O–H groups in total. The van der Waals surface area contributed by atoms with Crippen LogP contribution in [0, 0.1) is 6.92 Å². The van der Waals surface area contributed by atoms with E-state index in [9.17, 15) is 13.2 Å². The Morgan fingerprint density at radius 2 is 1.83 bits per heavy atom. The summed E-state index contributed by atoms with van der Waals surface area (Å²) in [6.07, 6.45) is -2.78. The summed E-state index contributed by atoms with van der Waals surface area (Å²) in [6.45, 7) is 1.81. The van der Waals surface area contributed by atoms with Crippen LogP contribution in [-0.2, 0) is 6.18 Å². The van der Waals surface area contributed by atoms with Gasteiger partial charge in [0.15, 0.2) is 0 Å². The Bertz CT molecular complexity index is 577. The third-order valence-corrected chi connectivity index (χ3v) is 2.59. The number of nitrogen functional groups attached to an aromatic ring is 1. The van der Waals surface area contributed by atoms with Crippen LogP contribution in [-0.4, -0.2) is 4.98 Å². The second kappa shape index (κ2) is 4.33. The molecule has 94 valence electrons. The highest BCUT2D eigenvalue weighted by Gasteiger charge is 2.30. The number of nitrogens with two attached hydrogens (primary N) is 1. The Hall–Kier alpha value is -2.04. The molecule has 2 nitrogen and oxygen atoms in total. The average molecular weight is 252 g/mol. The molecule has 0 saturated carbocycles. The normalized spacial score (nSPS) is 11.6. The van der Waals surface area contributed by atoms with Crippen LogP contribution in [0.2, 0.25) is 0 Å². The summed E-state index contributed by atoms with van der Waals surface area (Å²) in [5.41, 5.74) is 7.16. The zero-order valence-corrected chi connectivity index (χ0v) is 9.62. The molecule has 0 unspecified atom stereocenters. The van der Waals surface area contributed by atoms with E-state index < -0.39 is 11.7 Å². The number of benzene rings is 1. The zero-order valence-electron chi connectivity index (χ0n) is 9.62. The van der Waals surface area contributed by atoms with E-state index in [4.69, 9.17) is 5.73 Å². The molecule has 2 aromatic rings. The molecule has 1 heterocycles. The van der Waals surface area contributed by atoms with Gasteiger partial charge >= 0.3 is 6.18 Å². The van der Waals surface area contributed by atoms with Crippen molar-refractivity contribution in [1.29, 1.82) is 0 Å². The molecule has 5 heteroatoms. The number of nitrogens with zero attached hydrogens (tertiary/aromatic N) is 1. The van der Waals surface area contributed by atoms with E-state index >= 15 is 0 Å². The largest absolute Gasteiger partial charge is 0.416 e. The molecular weight excluding hydrogens is 241 g/mol. The Morgan fingerprint density at radius 1 is 1.11 bits per heavy atom. The second-order valence-corrected chi connectivity index (χ2v) is 3.99. The van der Waals surface area contributed by atoms with Gasteiger partial charge in [0.1, 0.15) is 0 Å². The van der Waals surface area contributed by atoms with Gasteiger partial charge in [-0.1, -0.05) is 6.07 Å². The second-order valence-electron chi connectivity index (χ2n) is 3.99. The highest BCUT2D eigenvalue weighted by molar-refractivity contribution is 5.76. The summed E-state index contributed by atoms with van der Waals surface area (Å²) in [5, 5.41) is 0. The van der Waals surface area contributed by atoms with Crippen LogP contribution in [0.4, 0.5) is 18.9 Å². The number of hydrogen-bond acceptors (Lipinski definition) is 2. The predicted molar refractivity (Wildman–Crippen MR) is 63.8 cm³/mol. The van der Waals surface area contributed by atoms with E-state index in [0.29, 0.717) is 5.56 Å². The molecular formula is C13H11F3N2. The van der Waals surface area contributed by atoms with Crippen molar-refractivity contribution in [3.63, 3.8) is 0 Å². The molecule has 0 fully saturated rings. The molecule has 18 heavy (non-hydrogen) atoms. The molecule has 1 aromatic heterocycles. The molecule has 1 aromatic carbocycles. The highest BCUT2D eigenvalue weighted by Crippen LogP contribution is 2.34. The average Bonchev–Trinajstić information content (AvgIpc) is 2.27. The van der Waals surface area contributed by atoms with Crippen molar-refractivity contribution in [2.75, 3.05) is 5.73 Å². The standard InChI is InChI=1S/C13H11F3N2/c1-8-6-9(4-5-18-8)11-3-2-10(7-12(11)17)13(14,15)16/h2-7H,17H2,1H3. The fraction of sp³-hybridized carbons (Fsp3) is 0.154. The lowest BCUT2D eigenvalue weighted by molar-refractivity contribution is -0.137. The number of halogens is 3. The van der Waals surface area contributed by atoms with Crippen LogP contribution in [0.1, 0.15) is 11.3 Å². The topological polar surface area (TPSA) is 38.9 Å². The van der Waals surface area contributed by atoms with Crippen molar-refractivity contribution >= 4 is 5.69 Å². The highest BCUT2D eigenvalue weighted by atomic mass is 19.4. The van der Waals surface area contributed by atoms with Crippen molar-refractivity contribution in [1.82, 2.24) is 4.98 Å². The lowest BCUT2D eigenvalue weighted by atomic mass is 10.0. The van der Waals surface area contributed by atoms with Gasteiger partial charge in [0.25, 0.3) is 0 Å². The van der Waals surface area contributed by atoms with Crippen LogP contribution < -0.4 is 5.73 Å². The first-order valence-electron chi connectivity index (χ1n) is 5.27. The Labute approximate surface area is 102 Å². The van der Waals surface area contributed by atoms with Crippen LogP contribution >= 0.6 is 0 Å². The Kier molecular flexibility index (Phi) is 2.98. The van der Waals surface area contributed by atoms with Gasteiger partial charge in [0, 0.05) is 23.1 Å². The van der Waals surface area contributed by atoms with E-state index in [0.717, 1.165) is 23.4 Å². The minimum absolute atomic E-state index is 0.107. The van der Waals surface area contributed by atoms with Crippen molar-refractivity contribution < 1.29 is 13.2 Å². The number of pyridine rings is 1. The molecule has 2 rings (SSSR count). The summed E-state index contributed by atoms with van der Waals surface area (Å²) in [7, 11) is 0. The van der Waals surface area contributed by atoms with E-state index in [1.807, 2.05) is 6.92 Å².